The van der Waals surface area contributed by atoms with Gasteiger partial charge in [-0.25, -0.2) is 0 Å². The van der Waals surface area contributed by atoms with E-state index in [1.165, 1.54) is 35.0 Å². The van der Waals surface area contributed by atoms with Crippen molar-refractivity contribution in [3.63, 3.8) is 0 Å². The lowest BCUT2D eigenvalue weighted by atomic mass is 10.2. The molecule has 0 aliphatic rings. The molecule has 2 rings (SSSR count). The average molecular weight is 259 g/mol. The van der Waals surface area contributed by atoms with Crippen LogP contribution in [0.15, 0.2) is 46.2 Å². The fraction of sp³-hybridized carbons (Fsp3) is 0.154. The van der Waals surface area contributed by atoms with Crippen molar-refractivity contribution in [1.82, 2.24) is 9.55 Å². The van der Waals surface area contributed by atoms with Gasteiger partial charge in [-0.3, -0.25) is 14.4 Å². The van der Waals surface area contributed by atoms with Crippen LogP contribution in [-0.2, 0) is 6.54 Å². The van der Waals surface area contributed by atoms with Gasteiger partial charge in [0.05, 0.1) is 5.69 Å². The molecule has 0 unspecified atom stereocenters. The minimum Gasteiger partial charge on any atom is -0.329 e. The number of amides is 1. The fourth-order valence-electron chi connectivity index (χ4n) is 1.64. The molecule has 98 valence electrons. The van der Waals surface area contributed by atoms with E-state index in [9.17, 15) is 14.4 Å². The highest BCUT2D eigenvalue weighted by Gasteiger charge is 2.07. The third-order valence-corrected chi connectivity index (χ3v) is 2.62. The number of nitrogens with one attached hydrogen (secondary N) is 2. The molecule has 19 heavy (non-hydrogen) atoms. The van der Waals surface area contributed by atoms with Crippen molar-refractivity contribution in [1.29, 1.82) is 0 Å². The predicted molar refractivity (Wildman–Crippen MR) is 71.4 cm³/mol. The molecule has 0 saturated carbocycles. The van der Waals surface area contributed by atoms with Gasteiger partial charge < -0.3 is 14.9 Å². The fourth-order valence-corrected chi connectivity index (χ4v) is 1.64. The van der Waals surface area contributed by atoms with E-state index in [0.29, 0.717) is 12.2 Å². The Morgan fingerprint density at radius 1 is 1.32 bits per heavy atom. The number of carbonyl (C=O) groups is 1. The molecule has 0 bridgehead atoms. The number of anilines is 1. The summed E-state index contributed by atoms with van der Waals surface area (Å²) in [5.74, 6) is -0.396. The Balaban J connectivity index is 2.24. The minimum atomic E-state index is -0.396. The highest BCUT2D eigenvalue weighted by molar-refractivity contribution is 6.04. The summed E-state index contributed by atoms with van der Waals surface area (Å²) in [7, 11) is 0. The van der Waals surface area contributed by atoms with Crippen LogP contribution in [0.2, 0.25) is 0 Å². The number of aromatic nitrogens is 2. The number of H-pyrrole nitrogens is 1. The third kappa shape index (κ3) is 2.98. The maximum absolute atomic E-state index is 11.9. The Kier molecular flexibility index (Phi) is 3.61. The number of aryl methyl sites for hydroxylation is 1. The molecule has 6 heteroatoms. The van der Waals surface area contributed by atoms with Gasteiger partial charge in [0, 0.05) is 36.6 Å². The first-order valence-corrected chi connectivity index (χ1v) is 5.80. The zero-order valence-electron chi connectivity index (χ0n) is 10.3. The highest BCUT2D eigenvalue weighted by atomic mass is 16.2. The van der Waals surface area contributed by atoms with Crippen LogP contribution in [0.4, 0.5) is 5.69 Å². The molecule has 2 aromatic heterocycles. The molecule has 1 amide bonds. The first-order chi connectivity index (χ1) is 9.10. The number of rotatable bonds is 3. The number of pyridine rings is 2. The summed E-state index contributed by atoms with van der Waals surface area (Å²) in [5, 5.41) is 2.64. The summed E-state index contributed by atoms with van der Waals surface area (Å²) in [6, 6.07) is 5.63. The Morgan fingerprint density at radius 3 is 2.79 bits per heavy atom. The number of hydrogen-bond acceptors (Lipinski definition) is 3. The van der Waals surface area contributed by atoms with Gasteiger partial charge >= 0.3 is 0 Å². The number of carbonyl (C=O) groups excluding carboxylic acids is 1. The van der Waals surface area contributed by atoms with Gasteiger partial charge in [0.15, 0.2) is 0 Å². The molecular weight excluding hydrogens is 246 g/mol. The van der Waals surface area contributed by atoms with Crippen molar-refractivity contribution >= 4 is 11.6 Å². The molecule has 2 heterocycles. The summed E-state index contributed by atoms with van der Waals surface area (Å²) >= 11 is 0. The van der Waals surface area contributed by atoms with E-state index in [4.69, 9.17) is 0 Å². The third-order valence-electron chi connectivity index (χ3n) is 2.62. The monoisotopic (exact) mass is 259 g/mol. The largest absolute Gasteiger partial charge is 0.329 e. The lowest BCUT2D eigenvalue weighted by Crippen LogP contribution is -2.20. The second-order valence-electron chi connectivity index (χ2n) is 3.94. The van der Waals surface area contributed by atoms with Gasteiger partial charge in [0.1, 0.15) is 0 Å². The summed E-state index contributed by atoms with van der Waals surface area (Å²) in [4.78, 5) is 36.9. The summed E-state index contributed by atoms with van der Waals surface area (Å²) < 4.78 is 1.48. The van der Waals surface area contributed by atoms with E-state index in [-0.39, 0.29) is 16.7 Å². The SMILES string of the molecule is CCn1cc(NC(=O)c2cc[nH]c(=O)c2)ccc1=O. The molecule has 0 radical (unpaired) electrons. The van der Waals surface area contributed by atoms with Crippen molar-refractivity contribution in [2.24, 2.45) is 0 Å². The molecule has 2 aromatic rings. The topological polar surface area (TPSA) is 84.0 Å². The highest BCUT2D eigenvalue weighted by Crippen LogP contribution is 2.06. The first kappa shape index (κ1) is 12.8. The lowest BCUT2D eigenvalue weighted by molar-refractivity contribution is 0.102. The predicted octanol–water partition coefficient (Wildman–Crippen LogP) is 0.809. The second kappa shape index (κ2) is 5.34. The van der Waals surface area contributed by atoms with E-state index in [2.05, 4.69) is 10.3 Å². The van der Waals surface area contributed by atoms with E-state index in [1.807, 2.05) is 6.92 Å². The van der Waals surface area contributed by atoms with Crippen LogP contribution in [0.25, 0.3) is 0 Å². The number of hydrogen-bond donors (Lipinski definition) is 2. The van der Waals surface area contributed by atoms with Crippen molar-refractivity contribution in [3.05, 3.63) is 62.9 Å². The first-order valence-electron chi connectivity index (χ1n) is 5.80. The van der Waals surface area contributed by atoms with Crippen LogP contribution in [0.3, 0.4) is 0 Å². The normalized spacial score (nSPS) is 10.2. The van der Waals surface area contributed by atoms with E-state index >= 15 is 0 Å². The smallest absolute Gasteiger partial charge is 0.255 e. The van der Waals surface area contributed by atoms with Gasteiger partial charge in [0.2, 0.25) is 5.56 Å². The van der Waals surface area contributed by atoms with Crippen molar-refractivity contribution in [3.8, 4) is 0 Å². The van der Waals surface area contributed by atoms with Gasteiger partial charge in [-0.1, -0.05) is 0 Å². The molecule has 0 aromatic carbocycles. The summed E-state index contributed by atoms with van der Waals surface area (Å²) in [6.45, 7) is 2.36. The van der Waals surface area contributed by atoms with Gasteiger partial charge in [-0.15, -0.1) is 0 Å². The van der Waals surface area contributed by atoms with Crippen LogP contribution < -0.4 is 16.4 Å². The van der Waals surface area contributed by atoms with Crippen LogP contribution in [0.1, 0.15) is 17.3 Å². The van der Waals surface area contributed by atoms with Crippen molar-refractivity contribution in [2.75, 3.05) is 5.32 Å². The molecule has 0 saturated heterocycles. The van der Waals surface area contributed by atoms with Crippen LogP contribution in [0.5, 0.6) is 0 Å². The number of nitrogens with zero attached hydrogens (tertiary/aromatic N) is 1. The Labute approximate surface area is 108 Å². The summed E-state index contributed by atoms with van der Waals surface area (Å²) in [6.07, 6.45) is 2.97. The quantitative estimate of drug-likeness (QED) is 0.855. The molecular formula is C13H13N3O3. The van der Waals surface area contributed by atoms with Crippen LogP contribution >= 0.6 is 0 Å². The zero-order chi connectivity index (χ0) is 13.8. The standard InChI is InChI=1S/C13H13N3O3/c1-2-16-8-10(3-4-12(16)18)15-13(19)9-5-6-14-11(17)7-9/h3-8H,2H2,1H3,(H,14,17)(H,15,19). The molecule has 0 atom stereocenters. The molecule has 0 spiro atoms. The molecule has 0 aliphatic carbocycles. The Bertz CT molecular complexity index is 715. The van der Waals surface area contributed by atoms with E-state index in [0.717, 1.165) is 0 Å². The molecule has 2 N–H and O–H groups in total. The van der Waals surface area contributed by atoms with Crippen molar-refractivity contribution in [2.45, 2.75) is 13.5 Å². The maximum Gasteiger partial charge on any atom is 0.255 e. The van der Waals surface area contributed by atoms with Crippen LogP contribution in [-0.4, -0.2) is 15.5 Å². The number of aromatic amines is 1. The van der Waals surface area contributed by atoms with Crippen LogP contribution in [0, 0.1) is 0 Å². The maximum atomic E-state index is 11.9. The molecule has 6 nitrogen and oxygen atoms in total. The van der Waals surface area contributed by atoms with Gasteiger partial charge in [-0.2, -0.15) is 0 Å². The zero-order valence-corrected chi connectivity index (χ0v) is 10.3. The van der Waals surface area contributed by atoms with Gasteiger partial charge in [-0.05, 0) is 19.1 Å². The summed E-state index contributed by atoms with van der Waals surface area (Å²) in [5.41, 5.74) is 0.299. The van der Waals surface area contributed by atoms with Crippen molar-refractivity contribution < 1.29 is 4.79 Å². The lowest BCUT2D eigenvalue weighted by Gasteiger charge is -2.07. The van der Waals surface area contributed by atoms with E-state index < -0.39 is 5.91 Å². The second-order valence-corrected chi connectivity index (χ2v) is 3.94. The van der Waals surface area contributed by atoms with E-state index in [1.54, 1.807) is 6.20 Å². The average Bonchev–Trinajstić information content (AvgIpc) is 2.41. The Morgan fingerprint density at radius 2 is 2.11 bits per heavy atom. The molecule has 0 fully saturated rings. The minimum absolute atomic E-state index is 0.128. The van der Waals surface area contributed by atoms with Gasteiger partial charge in [0.25, 0.3) is 11.5 Å². The molecule has 0 aliphatic heterocycles. The Hall–Kier alpha value is -2.63.